The van der Waals surface area contributed by atoms with Gasteiger partial charge >= 0.3 is 0 Å². The average Bonchev–Trinajstić information content (AvgIpc) is 3.18. The van der Waals surface area contributed by atoms with Crippen molar-refractivity contribution in [2.24, 2.45) is 0 Å². The molecule has 1 aromatic heterocycles. The lowest BCUT2D eigenvalue weighted by molar-refractivity contribution is -0.384. The summed E-state index contributed by atoms with van der Waals surface area (Å²) in [5, 5.41) is 13.5. The van der Waals surface area contributed by atoms with Crippen LogP contribution >= 0.6 is 23.1 Å². The van der Waals surface area contributed by atoms with Crippen molar-refractivity contribution in [3.05, 3.63) is 76.5 Å². The Morgan fingerprint density at radius 1 is 1.14 bits per heavy atom. The Morgan fingerprint density at radius 3 is 2.48 bits per heavy atom. The quantitative estimate of drug-likeness (QED) is 0.411. The molecule has 150 valence electrons. The van der Waals surface area contributed by atoms with Crippen LogP contribution in [0.3, 0.4) is 0 Å². The SMILES string of the molecule is O=C(CSCc1ccccc1)Nc1ncc(S(=O)(=O)c2ccc([N+](=O)[O-])cc2)s1. The lowest BCUT2D eigenvalue weighted by Crippen LogP contribution is -2.13. The van der Waals surface area contributed by atoms with E-state index >= 15 is 0 Å². The highest BCUT2D eigenvalue weighted by molar-refractivity contribution is 7.99. The predicted octanol–water partition coefficient (Wildman–Crippen LogP) is 3.76. The number of nitrogens with zero attached hydrogens (tertiary/aromatic N) is 2. The molecule has 0 unspecified atom stereocenters. The number of anilines is 1. The first-order chi connectivity index (χ1) is 13.9. The molecule has 0 atom stereocenters. The third-order valence-electron chi connectivity index (χ3n) is 3.70. The summed E-state index contributed by atoms with van der Waals surface area (Å²) < 4.78 is 25.2. The van der Waals surface area contributed by atoms with E-state index in [2.05, 4.69) is 10.3 Å². The van der Waals surface area contributed by atoms with E-state index in [9.17, 15) is 23.3 Å². The van der Waals surface area contributed by atoms with Gasteiger partial charge in [0.1, 0.15) is 4.21 Å². The van der Waals surface area contributed by atoms with E-state index in [1.54, 1.807) is 0 Å². The van der Waals surface area contributed by atoms with Crippen molar-refractivity contribution < 1.29 is 18.1 Å². The molecule has 29 heavy (non-hydrogen) atoms. The van der Waals surface area contributed by atoms with Crippen molar-refractivity contribution in [3.63, 3.8) is 0 Å². The van der Waals surface area contributed by atoms with Gasteiger partial charge in [0.15, 0.2) is 5.13 Å². The van der Waals surface area contributed by atoms with E-state index in [0.29, 0.717) is 5.75 Å². The van der Waals surface area contributed by atoms with Crippen LogP contribution in [-0.2, 0) is 20.4 Å². The molecule has 3 aromatic rings. The number of aromatic nitrogens is 1. The van der Waals surface area contributed by atoms with Crippen LogP contribution in [0.25, 0.3) is 0 Å². The largest absolute Gasteiger partial charge is 0.301 e. The van der Waals surface area contributed by atoms with E-state index in [0.717, 1.165) is 35.2 Å². The van der Waals surface area contributed by atoms with Crippen molar-refractivity contribution in [2.45, 2.75) is 14.9 Å². The number of non-ortho nitro benzene ring substituents is 1. The smallest absolute Gasteiger partial charge is 0.269 e. The minimum atomic E-state index is -3.87. The minimum absolute atomic E-state index is 0.0569. The first-order valence-corrected chi connectivity index (χ1v) is 11.7. The zero-order valence-electron chi connectivity index (χ0n) is 14.8. The number of rotatable bonds is 8. The van der Waals surface area contributed by atoms with Crippen molar-refractivity contribution >= 4 is 49.7 Å². The predicted molar refractivity (Wildman–Crippen MR) is 112 cm³/mol. The Bertz CT molecular complexity index is 1110. The van der Waals surface area contributed by atoms with Gasteiger partial charge in [0.25, 0.3) is 5.69 Å². The third-order valence-corrected chi connectivity index (χ3v) is 7.85. The van der Waals surface area contributed by atoms with E-state index in [1.807, 2.05) is 30.3 Å². The Kier molecular flexibility index (Phi) is 6.62. The molecule has 3 rings (SSSR count). The van der Waals surface area contributed by atoms with Gasteiger partial charge in [-0.3, -0.25) is 14.9 Å². The molecular weight excluding hydrogens is 434 g/mol. The lowest BCUT2D eigenvalue weighted by Gasteiger charge is -2.02. The third kappa shape index (κ3) is 5.40. The van der Waals surface area contributed by atoms with Gasteiger partial charge in [0.05, 0.1) is 21.8 Å². The van der Waals surface area contributed by atoms with Crippen LogP contribution in [0.15, 0.2) is 69.9 Å². The van der Waals surface area contributed by atoms with E-state index in [1.165, 1.54) is 23.9 Å². The van der Waals surface area contributed by atoms with Gasteiger partial charge in [0, 0.05) is 17.9 Å². The van der Waals surface area contributed by atoms with Gasteiger partial charge in [-0.2, -0.15) is 0 Å². The Labute approximate surface area is 175 Å². The number of carbonyl (C=O) groups excluding carboxylic acids is 1. The van der Waals surface area contributed by atoms with Gasteiger partial charge in [-0.15, -0.1) is 11.8 Å². The van der Waals surface area contributed by atoms with Crippen molar-refractivity contribution in [1.82, 2.24) is 4.98 Å². The molecule has 0 saturated heterocycles. The summed E-state index contributed by atoms with van der Waals surface area (Å²) in [5.41, 5.74) is 0.908. The second-order valence-electron chi connectivity index (χ2n) is 5.77. The van der Waals surface area contributed by atoms with Crippen LogP contribution in [0.1, 0.15) is 5.56 Å². The van der Waals surface area contributed by atoms with Crippen molar-refractivity contribution in [2.75, 3.05) is 11.1 Å². The first-order valence-electron chi connectivity index (χ1n) is 8.23. The maximum Gasteiger partial charge on any atom is 0.269 e. The topological polar surface area (TPSA) is 119 Å². The zero-order valence-corrected chi connectivity index (χ0v) is 17.3. The number of benzene rings is 2. The van der Waals surface area contributed by atoms with Crippen LogP contribution in [-0.4, -0.2) is 30.0 Å². The molecule has 2 aromatic carbocycles. The Balaban J connectivity index is 1.60. The molecule has 0 bridgehead atoms. The fraction of sp³-hybridized carbons (Fsp3) is 0.111. The second kappa shape index (κ2) is 9.16. The number of nitro groups is 1. The maximum atomic E-state index is 12.6. The standard InChI is InChI=1S/C18H15N3O5S3/c22-16(12-27-11-13-4-2-1-3-5-13)20-18-19-10-17(28-18)29(25,26)15-8-6-14(7-9-15)21(23)24/h1-10H,11-12H2,(H,19,20,22). The van der Waals surface area contributed by atoms with Crippen molar-refractivity contribution in [3.8, 4) is 0 Å². The van der Waals surface area contributed by atoms with Crippen LogP contribution < -0.4 is 5.32 Å². The monoisotopic (exact) mass is 449 g/mol. The van der Waals surface area contributed by atoms with Crippen LogP contribution in [0.5, 0.6) is 0 Å². The number of sulfone groups is 1. The summed E-state index contributed by atoms with van der Waals surface area (Å²) in [4.78, 5) is 26.0. The minimum Gasteiger partial charge on any atom is -0.301 e. The van der Waals surface area contributed by atoms with E-state index < -0.39 is 14.8 Å². The number of nitrogens with one attached hydrogen (secondary N) is 1. The summed E-state index contributed by atoms with van der Waals surface area (Å²) in [6.07, 6.45) is 1.16. The molecule has 0 spiro atoms. The number of hydrogen-bond acceptors (Lipinski definition) is 8. The van der Waals surface area contributed by atoms with Crippen LogP contribution in [0.4, 0.5) is 10.8 Å². The lowest BCUT2D eigenvalue weighted by atomic mass is 10.2. The molecule has 11 heteroatoms. The molecule has 0 saturated carbocycles. The normalized spacial score (nSPS) is 11.2. The molecule has 1 amide bonds. The number of nitro benzene ring substituents is 1. The van der Waals surface area contributed by atoms with Gasteiger partial charge in [-0.1, -0.05) is 41.7 Å². The number of thioether (sulfide) groups is 1. The Hall–Kier alpha value is -2.76. The second-order valence-corrected chi connectivity index (χ2v) is 9.96. The summed E-state index contributed by atoms with van der Waals surface area (Å²) in [5.74, 6) is 0.615. The first kappa shape index (κ1) is 21.0. The van der Waals surface area contributed by atoms with Crippen LogP contribution in [0.2, 0.25) is 0 Å². The van der Waals surface area contributed by atoms with Gasteiger partial charge in [-0.25, -0.2) is 13.4 Å². The molecule has 1 heterocycles. The number of hydrogen-bond donors (Lipinski definition) is 1. The Morgan fingerprint density at radius 2 is 1.83 bits per heavy atom. The molecule has 1 N–H and O–H groups in total. The summed E-state index contributed by atoms with van der Waals surface area (Å²) in [6.45, 7) is 0. The average molecular weight is 450 g/mol. The highest BCUT2D eigenvalue weighted by Crippen LogP contribution is 2.29. The zero-order chi connectivity index (χ0) is 20.9. The van der Waals surface area contributed by atoms with Gasteiger partial charge in [-0.05, 0) is 17.7 Å². The molecule has 8 nitrogen and oxygen atoms in total. The highest BCUT2D eigenvalue weighted by Gasteiger charge is 2.22. The number of carbonyl (C=O) groups is 1. The van der Waals surface area contributed by atoms with Gasteiger partial charge < -0.3 is 5.32 Å². The fourth-order valence-corrected chi connectivity index (χ4v) is 5.53. The maximum absolute atomic E-state index is 12.6. The number of thiazole rings is 1. The van der Waals surface area contributed by atoms with Gasteiger partial charge in [0.2, 0.25) is 15.7 Å². The summed E-state index contributed by atoms with van der Waals surface area (Å²) >= 11 is 2.27. The van der Waals surface area contributed by atoms with Crippen LogP contribution in [0, 0.1) is 10.1 Å². The highest BCUT2D eigenvalue weighted by atomic mass is 32.2. The van der Waals surface area contributed by atoms with Crippen molar-refractivity contribution in [1.29, 1.82) is 0 Å². The molecule has 0 fully saturated rings. The number of amides is 1. The molecule has 0 aliphatic rings. The molecule has 0 aliphatic heterocycles. The summed E-state index contributed by atoms with van der Waals surface area (Å²) in [7, 11) is -3.87. The molecule has 0 aliphatic carbocycles. The molecular formula is C18H15N3O5S3. The fourth-order valence-electron chi connectivity index (χ4n) is 2.30. The van der Waals surface area contributed by atoms with E-state index in [-0.39, 0.29) is 31.6 Å². The summed E-state index contributed by atoms with van der Waals surface area (Å²) in [6, 6.07) is 14.3. The van der Waals surface area contributed by atoms with E-state index in [4.69, 9.17) is 0 Å². The molecule has 0 radical (unpaired) electrons.